The number of primary amides is 2. The van der Waals surface area contributed by atoms with Gasteiger partial charge in [0.15, 0.2) is 0 Å². The molecule has 0 aliphatic rings. The van der Waals surface area contributed by atoms with Crippen LogP contribution in [-0.2, 0) is 38.4 Å². The SMILES string of the molecule is CC(C)CC(NC(=O)C(CC(N)=O)NC(=O)C(N)CC(N)=O)C(=O)NC(C)C(=O)NC(CS)C(=O)NC(CS)C(=O)O. The number of carbonyl (C=O) groups is 8. The summed E-state index contributed by atoms with van der Waals surface area (Å²) < 4.78 is 0. The minimum Gasteiger partial charge on any atom is -0.480 e. The van der Waals surface area contributed by atoms with Crippen LogP contribution in [0.15, 0.2) is 0 Å². The van der Waals surface area contributed by atoms with Gasteiger partial charge in [0.2, 0.25) is 41.4 Å². The van der Waals surface area contributed by atoms with Crippen LogP contribution >= 0.6 is 25.3 Å². The Morgan fingerprint density at radius 3 is 1.50 bits per heavy atom. The molecule has 238 valence electrons. The molecule has 0 fully saturated rings. The van der Waals surface area contributed by atoms with Gasteiger partial charge in [-0.1, -0.05) is 13.8 Å². The number of hydrogen-bond acceptors (Lipinski definition) is 11. The molecule has 12 N–H and O–H groups in total. The highest BCUT2D eigenvalue weighted by atomic mass is 32.1. The molecule has 6 atom stereocenters. The number of carbonyl (C=O) groups excluding carboxylic acids is 7. The zero-order valence-corrected chi connectivity index (χ0v) is 25.2. The third-order valence-corrected chi connectivity index (χ3v) is 6.23. The van der Waals surface area contributed by atoms with Gasteiger partial charge in [0, 0.05) is 11.5 Å². The third-order valence-electron chi connectivity index (χ3n) is 5.50. The average molecular weight is 637 g/mol. The lowest BCUT2D eigenvalue weighted by Gasteiger charge is -2.26. The monoisotopic (exact) mass is 636 g/mol. The molecule has 0 aliphatic carbocycles. The first-order valence-corrected chi connectivity index (χ1v) is 14.0. The van der Waals surface area contributed by atoms with Crippen LogP contribution in [0.3, 0.4) is 0 Å². The molecular formula is C23H40N8O9S2. The summed E-state index contributed by atoms with van der Waals surface area (Å²) in [5, 5.41) is 20.7. The number of hydrogen-bond donors (Lipinski definition) is 11. The van der Waals surface area contributed by atoms with Crippen molar-refractivity contribution in [2.45, 2.75) is 76.3 Å². The van der Waals surface area contributed by atoms with E-state index in [-0.39, 0.29) is 23.8 Å². The number of nitrogens with two attached hydrogens (primary N) is 3. The smallest absolute Gasteiger partial charge is 0.327 e. The standard InChI is InChI=1S/C23H40N8O9S2/c1-9(2)4-12(29-21(37)13(6-17(26)33)28-19(35)11(24)5-16(25)32)20(36)27-10(3)18(34)30-14(7-41)22(38)31-15(8-42)23(39)40/h9-15,41-42H,4-8,24H2,1-3H3,(H2,25,32)(H2,26,33)(H,27,36)(H,28,35)(H,29,37)(H,30,34)(H,31,38)(H,39,40). The van der Waals surface area contributed by atoms with Gasteiger partial charge in [0.25, 0.3) is 0 Å². The minimum atomic E-state index is -1.54. The number of carboxylic acids is 1. The molecule has 0 spiro atoms. The molecule has 0 aromatic heterocycles. The molecule has 0 saturated heterocycles. The predicted molar refractivity (Wildman–Crippen MR) is 156 cm³/mol. The van der Waals surface area contributed by atoms with E-state index in [9.17, 15) is 38.4 Å². The van der Waals surface area contributed by atoms with E-state index >= 15 is 0 Å². The number of aliphatic carboxylic acids is 1. The Hall–Kier alpha value is -3.58. The van der Waals surface area contributed by atoms with E-state index in [1.165, 1.54) is 6.92 Å². The van der Waals surface area contributed by atoms with E-state index in [0.717, 1.165) is 0 Å². The Bertz CT molecular complexity index is 1030. The van der Waals surface area contributed by atoms with Gasteiger partial charge in [0.05, 0.1) is 18.9 Å². The Balaban J connectivity index is 5.56. The molecule has 0 heterocycles. The Labute approximate surface area is 253 Å². The van der Waals surface area contributed by atoms with E-state index in [4.69, 9.17) is 22.3 Å². The van der Waals surface area contributed by atoms with Gasteiger partial charge in [-0.25, -0.2) is 4.79 Å². The van der Waals surface area contributed by atoms with Crippen molar-refractivity contribution in [1.82, 2.24) is 26.6 Å². The number of amides is 7. The third kappa shape index (κ3) is 14.4. The number of rotatable bonds is 19. The van der Waals surface area contributed by atoms with Gasteiger partial charge in [-0.15, -0.1) is 0 Å². The molecule has 0 aromatic carbocycles. The molecule has 42 heavy (non-hydrogen) atoms. The lowest BCUT2D eigenvalue weighted by molar-refractivity contribution is -0.141. The fraction of sp³-hybridized carbons (Fsp3) is 0.652. The number of nitrogens with one attached hydrogen (secondary N) is 5. The maximum Gasteiger partial charge on any atom is 0.327 e. The molecule has 0 aliphatic heterocycles. The van der Waals surface area contributed by atoms with E-state index in [1.807, 2.05) is 0 Å². The van der Waals surface area contributed by atoms with Crippen molar-refractivity contribution in [1.29, 1.82) is 0 Å². The quantitative estimate of drug-likeness (QED) is 0.0604. The molecule has 17 nitrogen and oxygen atoms in total. The maximum absolute atomic E-state index is 13.0. The van der Waals surface area contributed by atoms with Gasteiger partial charge < -0.3 is 48.9 Å². The van der Waals surface area contributed by atoms with Crippen LogP contribution in [0.25, 0.3) is 0 Å². The molecule has 0 radical (unpaired) electrons. The van der Waals surface area contributed by atoms with Crippen LogP contribution in [0.5, 0.6) is 0 Å². The summed E-state index contributed by atoms with van der Waals surface area (Å²) in [5.41, 5.74) is 15.8. The van der Waals surface area contributed by atoms with Crippen molar-refractivity contribution in [2.24, 2.45) is 23.1 Å². The van der Waals surface area contributed by atoms with Gasteiger partial charge in [0.1, 0.15) is 30.2 Å². The van der Waals surface area contributed by atoms with E-state index < -0.39 is 96.4 Å². The summed E-state index contributed by atoms with van der Waals surface area (Å²) >= 11 is 7.86. The van der Waals surface area contributed by atoms with Crippen molar-refractivity contribution in [3.63, 3.8) is 0 Å². The molecule has 0 aromatic rings. The second-order valence-electron chi connectivity index (χ2n) is 9.76. The lowest BCUT2D eigenvalue weighted by Crippen LogP contribution is -2.59. The summed E-state index contributed by atoms with van der Waals surface area (Å²) in [6, 6.07) is -7.97. The van der Waals surface area contributed by atoms with Gasteiger partial charge in [-0.3, -0.25) is 33.6 Å². The van der Waals surface area contributed by atoms with Crippen LogP contribution in [0.4, 0.5) is 0 Å². The fourth-order valence-electron chi connectivity index (χ4n) is 3.30. The number of carboxylic acid groups (broad SMARTS) is 1. The zero-order valence-electron chi connectivity index (χ0n) is 23.4. The first-order valence-electron chi connectivity index (χ1n) is 12.7. The van der Waals surface area contributed by atoms with Crippen LogP contribution < -0.4 is 43.8 Å². The van der Waals surface area contributed by atoms with Crippen molar-refractivity contribution in [2.75, 3.05) is 11.5 Å². The largest absolute Gasteiger partial charge is 0.480 e. The Morgan fingerprint density at radius 2 is 1.05 bits per heavy atom. The highest BCUT2D eigenvalue weighted by Gasteiger charge is 2.32. The van der Waals surface area contributed by atoms with Crippen LogP contribution in [-0.4, -0.2) is 100 Å². The highest BCUT2D eigenvalue weighted by molar-refractivity contribution is 7.80. The highest BCUT2D eigenvalue weighted by Crippen LogP contribution is 2.07. The summed E-state index contributed by atoms with van der Waals surface area (Å²) in [5.74, 6) is -8.07. The van der Waals surface area contributed by atoms with Crippen LogP contribution in [0, 0.1) is 5.92 Å². The van der Waals surface area contributed by atoms with Crippen LogP contribution in [0.2, 0.25) is 0 Å². The molecule has 0 bridgehead atoms. The first-order chi connectivity index (χ1) is 19.4. The summed E-state index contributed by atoms with van der Waals surface area (Å²) in [6.45, 7) is 4.80. The van der Waals surface area contributed by atoms with Gasteiger partial charge in [-0.2, -0.15) is 25.3 Å². The van der Waals surface area contributed by atoms with Crippen molar-refractivity contribution < 1.29 is 43.5 Å². The molecule has 6 unspecified atom stereocenters. The molecule has 19 heteroatoms. The molecular weight excluding hydrogens is 596 g/mol. The molecule has 0 rings (SSSR count). The molecule has 0 saturated carbocycles. The second kappa shape index (κ2) is 18.8. The predicted octanol–water partition coefficient (Wildman–Crippen LogP) is -4.50. The second-order valence-corrected chi connectivity index (χ2v) is 10.5. The van der Waals surface area contributed by atoms with Gasteiger partial charge >= 0.3 is 5.97 Å². The normalized spacial score (nSPS) is 15.1. The summed E-state index contributed by atoms with van der Waals surface area (Å²) in [7, 11) is 0. The lowest BCUT2D eigenvalue weighted by atomic mass is 10.0. The minimum absolute atomic E-state index is 0.0757. The average Bonchev–Trinajstić information content (AvgIpc) is 2.87. The summed E-state index contributed by atoms with van der Waals surface area (Å²) in [4.78, 5) is 97.1. The van der Waals surface area contributed by atoms with Gasteiger partial charge in [-0.05, 0) is 19.3 Å². The zero-order chi connectivity index (χ0) is 32.7. The molecule has 7 amide bonds. The van der Waals surface area contributed by atoms with Crippen molar-refractivity contribution in [3.05, 3.63) is 0 Å². The van der Waals surface area contributed by atoms with Crippen molar-refractivity contribution in [3.8, 4) is 0 Å². The number of thiol groups is 2. The van der Waals surface area contributed by atoms with Crippen LogP contribution in [0.1, 0.15) is 40.0 Å². The Morgan fingerprint density at radius 1 is 0.619 bits per heavy atom. The van der Waals surface area contributed by atoms with E-state index in [0.29, 0.717) is 0 Å². The summed E-state index contributed by atoms with van der Waals surface area (Å²) in [6.07, 6.45) is -1.11. The van der Waals surface area contributed by atoms with Crippen molar-refractivity contribution >= 4 is 72.6 Å². The van der Waals surface area contributed by atoms with E-state index in [1.54, 1.807) is 13.8 Å². The topological polar surface area (TPSA) is 295 Å². The fourth-order valence-corrected chi connectivity index (χ4v) is 3.81. The first kappa shape index (κ1) is 38.4. The Kier molecular flexibility index (Phi) is 17.2. The van der Waals surface area contributed by atoms with E-state index in [2.05, 4.69) is 51.8 Å². The maximum atomic E-state index is 13.0.